The summed E-state index contributed by atoms with van der Waals surface area (Å²) in [7, 11) is 0. The molecule has 0 aromatic carbocycles. The second kappa shape index (κ2) is 3.30. The molecule has 3 heteroatoms. The van der Waals surface area contributed by atoms with Crippen LogP contribution in [-0.4, -0.2) is 15.8 Å². The van der Waals surface area contributed by atoms with Crippen LogP contribution in [0.15, 0.2) is 11.4 Å². The highest BCUT2D eigenvalue weighted by atomic mass is 32.2. The largest absolute Gasteiger partial charge is 0.331 e. The van der Waals surface area contributed by atoms with Crippen LogP contribution in [0.1, 0.15) is 25.6 Å². The van der Waals surface area contributed by atoms with Gasteiger partial charge in [0, 0.05) is 11.7 Å². The maximum absolute atomic E-state index is 4.28. The Balaban J connectivity index is 3.00. The Morgan fingerprint density at radius 3 is 2.45 bits per heavy atom. The van der Waals surface area contributed by atoms with Gasteiger partial charge in [-0.3, -0.25) is 0 Å². The van der Waals surface area contributed by atoms with Gasteiger partial charge in [0.1, 0.15) is 5.03 Å². The van der Waals surface area contributed by atoms with Crippen molar-refractivity contribution in [3.8, 4) is 0 Å². The summed E-state index contributed by atoms with van der Waals surface area (Å²) in [5, 5.41) is 1.14. The maximum atomic E-state index is 4.28. The third kappa shape index (κ3) is 1.59. The van der Waals surface area contributed by atoms with Crippen molar-refractivity contribution >= 4 is 11.8 Å². The number of rotatable bonds is 2. The monoisotopic (exact) mass is 170 g/mol. The van der Waals surface area contributed by atoms with Crippen LogP contribution in [-0.2, 0) is 0 Å². The molecule has 1 heterocycles. The van der Waals surface area contributed by atoms with E-state index in [1.807, 2.05) is 6.33 Å². The van der Waals surface area contributed by atoms with E-state index < -0.39 is 0 Å². The number of imidazole rings is 1. The summed E-state index contributed by atoms with van der Waals surface area (Å²) < 4.78 is 2.19. The highest BCUT2D eigenvalue weighted by Crippen LogP contribution is 2.19. The molecular weight excluding hydrogens is 156 g/mol. The Labute approximate surface area is 72.0 Å². The van der Waals surface area contributed by atoms with Gasteiger partial charge in [-0.25, -0.2) is 4.98 Å². The number of nitrogens with zero attached hydrogens (tertiary/aromatic N) is 2. The molecule has 1 aromatic heterocycles. The Kier molecular flexibility index (Phi) is 2.60. The third-order valence-electron chi connectivity index (χ3n) is 1.75. The summed E-state index contributed by atoms with van der Waals surface area (Å²) in [6.07, 6.45) is 3.96. The highest BCUT2D eigenvalue weighted by Gasteiger charge is 2.06. The van der Waals surface area contributed by atoms with Crippen molar-refractivity contribution in [2.75, 3.05) is 6.26 Å². The van der Waals surface area contributed by atoms with Crippen LogP contribution in [0, 0.1) is 6.92 Å². The first-order valence-electron chi connectivity index (χ1n) is 3.74. The normalized spacial score (nSPS) is 11.0. The molecule has 0 bridgehead atoms. The third-order valence-corrected chi connectivity index (χ3v) is 2.53. The lowest BCUT2D eigenvalue weighted by Gasteiger charge is -2.08. The average molecular weight is 170 g/mol. The summed E-state index contributed by atoms with van der Waals surface area (Å²) in [6.45, 7) is 6.44. The quantitative estimate of drug-likeness (QED) is 0.635. The zero-order chi connectivity index (χ0) is 8.43. The minimum absolute atomic E-state index is 0.517. The first-order chi connectivity index (χ1) is 5.16. The van der Waals surface area contributed by atoms with E-state index in [0.717, 1.165) is 5.03 Å². The molecule has 0 saturated heterocycles. The van der Waals surface area contributed by atoms with E-state index in [0.29, 0.717) is 6.04 Å². The van der Waals surface area contributed by atoms with Crippen LogP contribution in [0.25, 0.3) is 0 Å². The van der Waals surface area contributed by atoms with Crippen LogP contribution in [0.5, 0.6) is 0 Å². The molecule has 0 spiro atoms. The van der Waals surface area contributed by atoms with Gasteiger partial charge in [0.2, 0.25) is 0 Å². The van der Waals surface area contributed by atoms with Crippen molar-refractivity contribution in [2.24, 2.45) is 0 Å². The second-order valence-corrected chi connectivity index (χ2v) is 3.64. The zero-order valence-electron chi connectivity index (χ0n) is 7.46. The van der Waals surface area contributed by atoms with E-state index >= 15 is 0 Å². The molecule has 0 aliphatic rings. The van der Waals surface area contributed by atoms with Crippen molar-refractivity contribution in [1.29, 1.82) is 0 Å². The van der Waals surface area contributed by atoms with E-state index in [1.165, 1.54) is 5.69 Å². The first-order valence-corrected chi connectivity index (χ1v) is 4.96. The van der Waals surface area contributed by atoms with Crippen molar-refractivity contribution in [3.05, 3.63) is 12.0 Å². The van der Waals surface area contributed by atoms with Gasteiger partial charge in [0.05, 0.1) is 6.33 Å². The Hall–Kier alpha value is -0.440. The van der Waals surface area contributed by atoms with Gasteiger partial charge >= 0.3 is 0 Å². The molecule has 0 saturated carbocycles. The molecule has 0 aliphatic carbocycles. The van der Waals surface area contributed by atoms with Crippen LogP contribution >= 0.6 is 11.8 Å². The van der Waals surface area contributed by atoms with Crippen molar-refractivity contribution in [3.63, 3.8) is 0 Å². The van der Waals surface area contributed by atoms with E-state index in [4.69, 9.17) is 0 Å². The standard InChI is InChI=1S/C8H14N2S/c1-6(2)10-5-9-8(11-4)7(10)3/h5-6H,1-4H3. The van der Waals surface area contributed by atoms with Gasteiger partial charge in [-0.15, -0.1) is 11.8 Å². The first kappa shape index (κ1) is 8.65. The molecule has 11 heavy (non-hydrogen) atoms. The molecule has 2 nitrogen and oxygen atoms in total. The average Bonchev–Trinajstić information content (AvgIpc) is 2.30. The highest BCUT2D eigenvalue weighted by molar-refractivity contribution is 7.98. The molecule has 0 aliphatic heterocycles. The van der Waals surface area contributed by atoms with Crippen molar-refractivity contribution in [2.45, 2.75) is 31.8 Å². The summed E-state index contributed by atoms with van der Waals surface area (Å²) in [5.74, 6) is 0. The summed E-state index contributed by atoms with van der Waals surface area (Å²) in [5.41, 5.74) is 1.27. The van der Waals surface area contributed by atoms with Gasteiger partial charge in [-0.2, -0.15) is 0 Å². The van der Waals surface area contributed by atoms with Crippen LogP contribution in [0.4, 0.5) is 0 Å². The molecule has 0 N–H and O–H groups in total. The van der Waals surface area contributed by atoms with E-state index in [2.05, 4.69) is 36.6 Å². The second-order valence-electron chi connectivity index (χ2n) is 2.84. The zero-order valence-corrected chi connectivity index (χ0v) is 8.27. The predicted octanol–water partition coefficient (Wildman–Crippen LogP) is 2.49. The molecule has 0 fully saturated rings. The molecule has 1 aromatic rings. The topological polar surface area (TPSA) is 17.8 Å². The van der Waals surface area contributed by atoms with Crippen LogP contribution in [0.2, 0.25) is 0 Å². The van der Waals surface area contributed by atoms with Gasteiger partial charge < -0.3 is 4.57 Å². The molecule has 62 valence electrons. The number of hydrogen-bond acceptors (Lipinski definition) is 2. The van der Waals surface area contributed by atoms with E-state index in [1.54, 1.807) is 11.8 Å². The predicted molar refractivity (Wildman–Crippen MR) is 49.1 cm³/mol. The van der Waals surface area contributed by atoms with Gasteiger partial charge in [0.25, 0.3) is 0 Å². The van der Waals surface area contributed by atoms with E-state index in [-0.39, 0.29) is 0 Å². The van der Waals surface area contributed by atoms with Gasteiger partial charge in [-0.05, 0) is 27.0 Å². The molecule has 0 radical (unpaired) electrons. The van der Waals surface area contributed by atoms with E-state index in [9.17, 15) is 0 Å². The Morgan fingerprint density at radius 1 is 1.55 bits per heavy atom. The molecule has 0 unspecified atom stereocenters. The maximum Gasteiger partial charge on any atom is 0.117 e. The summed E-state index contributed by atoms with van der Waals surface area (Å²) >= 11 is 1.70. The Bertz CT molecular complexity index is 240. The number of hydrogen-bond donors (Lipinski definition) is 0. The lowest BCUT2D eigenvalue weighted by Crippen LogP contribution is -2.00. The van der Waals surface area contributed by atoms with Gasteiger partial charge in [-0.1, -0.05) is 0 Å². The van der Waals surface area contributed by atoms with Crippen LogP contribution in [0.3, 0.4) is 0 Å². The van der Waals surface area contributed by atoms with Crippen molar-refractivity contribution in [1.82, 2.24) is 9.55 Å². The minimum atomic E-state index is 0.517. The minimum Gasteiger partial charge on any atom is -0.331 e. The molecule has 0 atom stereocenters. The van der Waals surface area contributed by atoms with Gasteiger partial charge in [0.15, 0.2) is 0 Å². The summed E-state index contributed by atoms with van der Waals surface area (Å²) in [4.78, 5) is 4.28. The fourth-order valence-electron chi connectivity index (χ4n) is 1.13. The number of thioether (sulfide) groups is 1. The Morgan fingerprint density at radius 2 is 2.18 bits per heavy atom. The fraction of sp³-hybridized carbons (Fsp3) is 0.625. The smallest absolute Gasteiger partial charge is 0.117 e. The fourth-order valence-corrected chi connectivity index (χ4v) is 1.68. The van der Waals surface area contributed by atoms with Crippen LogP contribution < -0.4 is 0 Å². The van der Waals surface area contributed by atoms with Crippen molar-refractivity contribution < 1.29 is 0 Å². The SMILES string of the molecule is CSc1ncn(C(C)C)c1C. The molecular formula is C8H14N2S. The molecule has 0 amide bonds. The lowest BCUT2D eigenvalue weighted by atomic mass is 10.4. The summed E-state index contributed by atoms with van der Waals surface area (Å²) in [6, 6.07) is 0.517. The molecule has 1 rings (SSSR count). The number of aromatic nitrogens is 2. The lowest BCUT2D eigenvalue weighted by molar-refractivity contribution is 0.583.